The monoisotopic (exact) mass is 395 g/mol. The Morgan fingerprint density at radius 3 is 2.32 bits per heavy atom. The smallest absolute Gasteiger partial charge is 0.416 e. The highest BCUT2D eigenvalue weighted by Gasteiger charge is 2.33. The molecule has 1 heterocycles. The number of fused-ring (bicyclic) bond motifs is 1. The lowest BCUT2D eigenvalue weighted by atomic mass is 10.0. The van der Waals surface area contributed by atoms with Crippen LogP contribution in [0.4, 0.5) is 17.6 Å². The number of ether oxygens (including phenoxy) is 2. The highest BCUT2D eigenvalue weighted by atomic mass is 35.5. The second-order valence-electron chi connectivity index (χ2n) is 5.38. The van der Waals surface area contributed by atoms with E-state index in [0.29, 0.717) is 0 Å². The minimum Gasteiger partial charge on any atom is -0.486 e. The summed E-state index contributed by atoms with van der Waals surface area (Å²) >= 11 is 12.0. The van der Waals surface area contributed by atoms with Crippen LogP contribution in [-0.2, 0) is 6.18 Å². The Morgan fingerprint density at radius 1 is 1.12 bits per heavy atom. The van der Waals surface area contributed by atoms with Crippen molar-refractivity contribution in [1.82, 2.24) is 0 Å². The highest BCUT2D eigenvalue weighted by Crippen LogP contribution is 2.47. The predicted octanol–water partition coefficient (Wildman–Crippen LogP) is 4.92. The summed E-state index contributed by atoms with van der Waals surface area (Å²) in [7, 11) is 0. The largest absolute Gasteiger partial charge is 0.486 e. The zero-order valence-electron chi connectivity index (χ0n) is 12.5. The number of halogens is 6. The van der Waals surface area contributed by atoms with Gasteiger partial charge in [0, 0.05) is 23.7 Å². The molecule has 9 heteroatoms. The van der Waals surface area contributed by atoms with E-state index in [9.17, 15) is 17.6 Å². The summed E-state index contributed by atoms with van der Waals surface area (Å²) in [4.78, 5) is 0. The lowest BCUT2D eigenvalue weighted by Gasteiger charge is -2.28. The maximum atomic E-state index is 13.9. The first kappa shape index (κ1) is 18.1. The van der Waals surface area contributed by atoms with Crippen molar-refractivity contribution in [2.24, 2.45) is 5.73 Å². The molecule has 0 radical (unpaired) electrons. The first-order chi connectivity index (χ1) is 11.7. The third-order valence-corrected chi connectivity index (χ3v) is 4.23. The molecule has 0 fully saturated rings. The number of nitrogens with two attached hydrogens (primary N) is 1. The summed E-state index contributed by atoms with van der Waals surface area (Å²) in [5, 5.41) is -0.572. The molecule has 0 bridgehead atoms. The molecule has 1 atom stereocenters. The van der Waals surface area contributed by atoms with Crippen LogP contribution in [0.15, 0.2) is 24.3 Å². The number of hydrogen-bond acceptors (Lipinski definition) is 3. The molecule has 1 aliphatic rings. The van der Waals surface area contributed by atoms with E-state index in [-0.39, 0.29) is 45.8 Å². The van der Waals surface area contributed by atoms with Gasteiger partial charge in [-0.15, -0.1) is 0 Å². The van der Waals surface area contributed by atoms with Crippen LogP contribution in [0.25, 0.3) is 11.1 Å². The van der Waals surface area contributed by atoms with Crippen molar-refractivity contribution in [3.05, 3.63) is 45.7 Å². The van der Waals surface area contributed by atoms with Gasteiger partial charge in [0.05, 0.1) is 15.6 Å². The average molecular weight is 396 g/mol. The molecule has 3 nitrogen and oxygen atoms in total. The van der Waals surface area contributed by atoms with Crippen LogP contribution in [-0.4, -0.2) is 19.3 Å². The van der Waals surface area contributed by atoms with Crippen LogP contribution in [0.1, 0.15) is 5.56 Å². The molecule has 0 spiro atoms. The molecule has 0 saturated carbocycles. The molecular formula is C16H11Cl2F4NO2. The number of rotatable bonds is 2. The number of hydrogen-bond donors (Lipinski definition) is 1. The van der Waals surface area contributed by atoms with Gasteiger partial charge in [-0.25, -0.2) is 4.39 Å². The number of alkyl halides is 3. The summed E-state index contributed by atoms with van der Waals surface area (Å²) in [5.74, 6) is -0.436. The minimum absolute atomic E-state index is 0.0216. The highest BCUT2D eigenvalue weighted by molar-refractivity contribution is 6.39. The molecule has 0 unspecified atom stereocenters. The van der Waals surface area contributed by atoms with Crippen molar-refractivity contribution in [1.29, 1.82) is 0 Å². The predicted molar refractivity (Wildman–Crippen MR) is 85.8 cm³/mol. The van der Waals surface area contributed by atoms with E-state index in [0.717, 1.165) is 24.3 Å². The van der Waals surface area contributed by atoms with E-state index in [1.165, 1.54) is 0 Å². The van der Waals surface area contributed by atoms with Crippen molar-refractivity contribution in [2.75, 3.05) is 13.2 Å². The van der Waals surface area contributed by atoms with E-state index >= 15 is 0 Å². The fourth-order valence-corrected chi connectivity index (χ4v) is 3.17. The molecule has 1 aliphatic heterocycles. The van der Waals surface area contributed by atoms with Crippen LogP contribution in [0.5, 0.6) is 11.5 Å². The third-order valence-electron chi connectivity index (χ3n) is 3.63. The molecule has 0 amide bonds. The zero-order chi connectivity index (χ0) is 18.4. The molecule has 2 aromatic carbocycles. The molecule has 0 saturated heterocycles. The van der Waals surface area contributed by atoms with Gasteiger partial charge in [-0.05, 0) is 18.2 Å². The number of benzene rings is 2. The lowest BCUT2D eigenvalue weighted by Crippen LogP contribution is -2.36. The molecule has 0 aliphatic carbocycles. The van der Waals surface area contributed by atoms with Crippen LogP contribution >= 0.6 is 23.2 Å². The summed E-state index contributed by atoms with van der Waals surface area (Å²) in [6.45, 7) is 0.269. The third kappa shape index (κ3) is 3.49. The SMILES string of the molecule is NC[C@H]1COc2cc(F)cc(-c3c(Cl)cc(C(F)(F)F)cc3Cl)c2O1. The van der Waals surface area contributed by atoms with Gasteiger partial charge >= 0.3 is 6.18 Å². The van der Waals surface area contributed by atoms with Crippen LogP contribution in [0.2, 0.25) is 10.0 Å². The van der Waals surface area contributed by atoms with Gasteiger partial charge in [-0.3, -0.25) is 0 Å². The Bertz CT molecular complexity index is 804. The first-order valence-corrected chi connectivity index (χ1v) is 7.86. The lowest BCUT2D eigenvalue weighted by molar-refractivity contribution is -0.137. The summed E-state index contributed by atoms with van der Waals surface area (Å²) in [6, 6.07) is 3.63. The average Bonchev–Trinajstić information content (AvgIpc) is 2.52. The minimum atomic E-state index is -4.61. The van der Waals surface area contributed by atoms with Crippen molar-refractivity contribution >= 4 is 23.2 Å². The van der Waals surface area contributed by atoms with Crippen LogP contribution in [0.3, 0.4) is 0 Å². The van der Waals surface area contributed by atoms with Crippen molar-refractivity contribution in [3.8, 4) is 22.6 Å². The second kappa shape index (κ2) is 6.55. The van der Waals surface area contributed by atoms with Gasteiger partial charge in [-0.2, -0.15) is 13.2 Å². The Morgan fingerprint density at radius 2 is 1.76 bits per heavy atom. The fourth-order valence-electron chi connectivity index (χ4n) is 2.48. The molecule has 2 N–H and O–H groups in total. The van der Waals surface area contributed by atoms with Gasteiger partial charge in [0.15, 0.2) is 11.5 Å². The van der Waals surface area contributed by atoms with Gasteiger partial charge in [-0.1, -0.05) is 23.2 Å². The van der Waals surface area contributed by atoms with Crippen molar-refractivity contribution < 1.29 is 27.0 Å². The summed E-state index contributed by atoms with van der Waals surface area (Å²) < 4.78 is 63.7. The van der Waals surface area contributed by atoms with Gasteiger partial charge in [0.1, 0.15) is 18.5 Å². The van der Waals surface area contributed by atoms with Gasteiger partial charge in [0.2, 0.25) is 0 Å². The summed E-state index contributed by atoms with van der Waals surface area (Å²) in [6.07, 6.45) is -5.10. The fraction of sp³-hybridized carbons (Fsp3) is 0.250. The van der Waals surface area contributed by atoms with E-state index in [4.69, 9.17) is 38.4 Å². The molecular weight excluding hydrogens is 385 g/mol. The standard InChI is InChI=1S/C16H11Cl2F4NO2/c17-11-1-7(16(20,21)22)2-12(18)14(11)10-3-8(19)4-13-15(10)25-9(5-23)6-24-13/h1-4,9H,5-6,23H2/t9-/m0/s1. The topological polar surface area (TPSA) is 44.5 Å². The molecule has 25 heavy (non-hydrogen) atoms. The van der Waals surface area contributed by atoms with Crippen molar-refractivity contribution in [2.45, 2.75) is 12.3 Å². The zero-order valence-corrected chi connectivity index (χ0v) is 14.0. The maximum Gasteiger partial charge on any atom is 0.416 e. The molecule has 3 rings (SSSR count). The maximum absolute atomic E-state index is 13.9. The first-order valence-electron chi connectivity index (χ1n) is 7.10. The van der Waals surface area contributed by atoms with Crippen LogP contribution in [0, 0.1) is 5.82 Å². The Balaban J connectivity index is 2.19. The Hall–Kier alpha value is -1.70. The molecule has 134 valence electrons. The molecule has 0 aromatic heterocycles. The van der Waals surface area contributed by atoms with E-state index in [2.05, 4.69) is 0 Å². The quantitative estimate of drug-likeness (QED) is 0.734. The van der Waals surface area contributed by atoms with E-state index in [1.807, 2.05) is 0 Å². The van der Waals surface area contributed by atoms with Crippen molar-refractivity contribution in [3.63, 3.8) is 0 Å². The van der Waals surface area contributed by atoms with E-state index in [1.54, 1.807) is 0 Å². The molecule has 2 aromatic rings. The van der Waals surface area contributed by atoms with Gasteiger partial charge < -0.3 is 15.2 Å². The normalized spacial score (nSPS) is 16.8. The van der Waals surface area contributed by atoms with Gasteiger partial charge in [0.25, 0.3) is 0 Å². The van der Waals surface area contributed by atoms with Crippen LogP contribution < -0.4 is 15.2 Å². The summed E-state index contributed by atoms with van der Waals surface area (Å²) in [5.41, 5.74) is 4.66. The Labute approximate surface area is 150 Å². The van der Waals surface area contributed by atoms with E-state index < -0.39 is 23.7 Å². The second-order valence-corrected chi connectivity index (χ2v) is 6.19. The Kier molecular flexibility index (Phi) is 4.74.